The van der Waals surface area contributed by atoms with E-state index in [0.29, 0.717) is 50.3 Å². The number of pyridine rings is 1. The molecule has 3 N–H and O–H groups in total. The van der Waals surface area contributed by atoms with Gasteiger partial charge in [-0.2, -0.15) is 0 Å². The maximum absolute atomic E-state index is 13.2. The molecule has 1 aliphatic carbocycles. The van der Waals surface area contributed by atoms with E-state index in [9.17, 15) is 14.4 Å². The first-order chi connectivity index (χ1) is 12.2. The Morgan fingerprint density at radius 2 is 2.07 bits per heavy atom. The second-order valence-corrected chi connectivity index (χ2v) is 8.75. The lowest BCUT2D eigenvalue weighted by molar-refractivity contribution is 0.0548. The number of rotatable bonds is 1. The highest BCUT2D eigenvalue weighted by atomic mass is 35.5. The molecule has 0 radical (unpaired) electrons. The van der Waals surface area contributed by atoms with E-state index in [1.54, 1.807) is 4.90 Å². The average molecular weight is 396 g/mol. The van der Waals surface area contributed by atoms with Crippen LogP contribution in [0, 0.1) is 5.41 Å². The van der Waals surface area contributed by atoms with Crippen LogP contribution >= 0.6 is 12.4 Å². The Hall–Kier alpha value is -1.70. The molecule has 3 heterocycles. The van der Waals surface area contributed by atoms with E-state index in [-0.39, 0.29) is 41.1 Å². The Bertz CT molecular complexity index is 842. The summed E-state index contributed by atoms with van der Waals surface area (Å²) >= 11 is 0. The van der Waals surface area contributed by atoms with Crippen molar-refractivity contribution in [1.29, 1.82) is 0 Å². The second kappa shape index (κ2) is 6.72. The normalized spacial score (nSPS) is 28.9. The van der Waals surface area contributed by atoms with E-state index in [0.717, 1.165) is 6.42 Å². The Morgan fingerprint density at radius 1 is 1.33 bits per heavy atom. The molecule has 148 valence electrons. The fourth-order valence-corrected chi connectivity index (χ4v) is 4.69. The summed E-state index contributed by atoms with van der Waals surface area (Å²) in [5.74, 6) is -0.385. The average Bonchev–Trinajstić information content (AvgIpc) is 3.12. The molecule has 2 fully saturated rings. The molecule has 1 aromatic heterocycles. The SMILES string of the molecule is CC1(C)CC(=O)c2cc(C(=O)N3CC(N)CC34CCOC4)c(=O)[nH]c2C1.Cl. The predicted molar refractivity (Wildman–Crippen MR) is 103 cm³/mol. The Morgan fingerprint density at radius 3 is 2.74 bits per heavy atom. The fourth-order valence-electron chi connectivity index (χ4n) is 4.69. The van der Waals surface area contributed by atoms with Crippen molar-refractivity contribution < 1.29 is 14.3 Å². The minimum Gasteiger partial charge on any atom is -0.379 e. The lowest BCUT2D eigenvalue weighted by Crippen LogP contribution is -2.49. The summed E-state index contributed by atoms with van der Waals surface area (Å²) < 4.78 is 5.52. The lowest BCUT2D eigenvalue weighted by Gasteiger charge is -2.34. The Balaban J connectivity index is 0.00000210. The molecule has 2 aliphatic heterocycles. The number of nitrogens with two attached hydrogens (primary N) is 1. The first-order valence-corrected chi connectivity index (χ1v) is 9.16. The van der Waals surface area contributed by atoms with Gasteiger partial charge in [-0.3, -0.25) is 14.4 Å². The molecule has 4 rings (SSSR count). The number of Topliss-reactive ketones (excluding diaryl/α,β-unsaturated/α-hetero) is 1. The van der Waals surface area contributed by atoms with Crippen LogP contribution in [0.1, 0.15) is 59.5 Å². The van der Waals surface area contributed by atoms with Crippen molar-refractivity contribution in [3.63, 3.8) is 0 Å². The molecule has 1 amide bonds. The molecular formula is C19H26ClN3O4. The van der Waals surface area contributed by atoms with Gasteiger partial charge in [0.05, 0.1) is 12.1 Å². The third kappa shape index (κ3) is 3.32. The molecule has 1 spiro atoms. The summed E-state index contributed by atoms with van der Waals surface area (Å²) in [6.07, 6.45) is 2.42. The Kier molecular flexibility index (Phi) is 4.99. The van der Waals surface area contributed by atoms with Gasteiger partial charge in [0, 0.05) is 36.9 Å². The van der Waals surface area contributed by atoms with Gasteiger partial charge in [0.15, 0.2) is 5.78 Å². The molecule has 2 atom stereocenters. The van der Waals surface area contributed by atoms with Crippen LogP contribution in [0.3, 0.4) is 0 Å². The molecule has 8 heteroatoms. The van der Waals surface area contributed by atoms with E-state index in [1.807, 2.05) is 13.8 Å². The van der Waals surface area contributed by atoms with E-state index >= 15 is 0 Å². The summed E-state index contributed by atoms with van der Waals surface area (Å²) in [6, 6.07) is 1.36. The summed E-state index contributed by atoms with van der Waals surface area (Å²) in [4.78, 5) is 42.8. The molecule has 1 aromatic rings. The van der Waals surface area contributed by atoms with Crippen LogP contribution in [0.2, 0.25) is 0 Å². The summed E-state index contributed by atoms with van der Waals surface area (Å²) in [5, 5.41) is 0. The maximum atomic E-state index is 13.2. The van der Waals surface area contributed by atoms with Crippen molar-refractivity contribution in [2.45, 2.75) is 51.1 Å². The van der Waals surface area contributed by atoms with E-state index in [2.05, 4.69) is 4.98 Å². The van der Waals surface area contributed by atoms with Crippen molar-refractivity contribution in [2.24, 2.45) is 11.1 Å². The fraction of sp³-hybridized carbons (Fsp3) is 0.632. The van der Waals surface area contributed by atoms with Crippen LogP contribution in [0.5, 0.6) is 0 Å². The van der Waals surface area contributed by atoms with Crippen molar-refractivity contribution in [3.05, 3.63) is 33.2 Å². The van der Waals surface area contributed by atoms with Gasteiger partial charge in [-0.05, 0) is 30.7 Å². The number of fused-ring (bicyclic) bond motifs is 1. The van der Waals surface area contributed by atoms with Gasteiger partial charge >= 0.3 is 0 Å². The molecule has 0 saturated carbocycles. The molecule has 0 bridgehead atoms. The number of carbonyl (C=O) groups is 2. The number of halogens is 1. The monoisotopic (exact) mass is 395 g/mol. The van der Waals surface area contributed by atoms with Crippen LogP contribution < -0.4 is 11.3 Å². The Labute approximate surface area is 164 Å². The molecule has 0 aromatic carbocycles. The molecular weight excluding hydrogens is 370 g/mol. The van der Waals surface area contributed by atoms with Gasteiger partial charge in [0.25, 0.3) is 11.5 Å². The zero-order valence-electron chi connectivity index (χ0n) is 15.7. The summed E-state index contributed by atoms with van der Waals surface area (Å²) in [6.45, 7) is 5.44. The number of hydrogen-bond acceptors (Lipinski definition) is 5. The maximum Gasteiger partial charge on any atom is 0.261 e. The van der Waals surface area contributed by atoms with E-state index in [1.165, 1.54) is 6.07 Å². The summed E-state index contributed by atoms with van der Waals surface area (Å²) in [5.41, 5.74) is 6.18. The third-order valence-electron chi connectivity index (χ3n) is 5.91. The quantitative estimate of drug-likeness (QED) is 0.745. The number of ether oxygens (including phenoxy) is 1. The number of nitrogens with zero attached hydrogens (tertiary/aromatic N) is 1. The largest absolute Gasteiger partial charge is 0.379 e. The third-order valence-corrected chi connectivity index (χ3v) is 5.91. The smallest absolute Gasteiger partial charge is 0.261 e. The van der Waals surface area contributed by atoms with Crippen molar-refractivity contribution in [2.75, 3.05) is 19.8 Å². The number of amides is 1. The standard InChI is InChI=1S/C19H25N3O4.ClH/c1-18(2)7-14-12(15(23)8-18)5-13(16(24)21-14)17(25)22-9-11(20)6-19(22)3-4-26-10-19;/h5,11H,3-4,6-10,20H2,1-2H3,(H,21,24);1H. The first kappa shape index (κ1) is 20.0. The van der Waals surface area contributed by atoms with Crippen molar-refractivity contribution in [1.82, 2.24) is 9.88 Å². The zero-order chi connectivity index (χ0) is 18.7. The number of nitrogens with one attached hydrogen (secondary N) is 1. The number of likely N-dealkylation sites (tertiary alicyclic amines) is 1. The molecule has 3 aliphatic rings. The van der Waals surface area contributed by atoms with Gasteiger partial charge in [0.1, 0.15) is 5.56 Å². The number of ketones is 1. The zero-order valence-corrected chi connectivity index (χ0v) is 16.5. The number of H-pyrrole nitrogens is 1. The first-order valence-electron chi connectivity index (χ1n) is 9.16. The molecule has 2 saturated heterocycles. The summed E-state index contributed by atoms with van der Waals surface area (Å²) in [7, 11) is 0. The highest BCUT2D eigenvalue weighted by molar-refractivity contribution is 6.02. The van der Waals surface area contributed by atoms with Crippen LogP contribution in [-0.4, -0.2) is 52.9 Å². The van der Waals surface area contributed by atoms with Crippen LogP contribution in [0.25, 0.3) is 0 Å². The minimum absolute atomic E-state index is 0. The minimum atomic E-state index is -0.436. The van der Waals surface area contributed by atoms with Crippen LogP contribution in [0.4, 0.5) is 0 Å². The van der Waals surface area contributed by atoms with E-state index in [4.69, 9.17) is 10.5 Å². The van der Waals surface area contributed by atoms with Gasteiger partial charge in [-0.15, -0.1) is 12.4 Å². The number of carbonyl (C=O) groups excluding carboxylic acids is 2. The number of aromatic nitrogens is 1. The number of hydrogen-bond donors (Lipinski definition) is 2. The number of aromatic amines is 1. The lowest BCUT2D eigenvalue weighted by atomic mass is 9.75. The highest BCUT2D eigenvalue weighted by Gasteiger charge is 2.50. The van der Waals surface area contributed by atoms with Gasteiger partial charge in [0.2, 0.25) is 0 Å². The predicted octanol–water partition coefficient (Wildman–Crippen LogP) is 1.28. The van der Waals surface area contributed by atoms with E-state index < -0.39 is 11.1 Å². The highest BCUT2D eigenvalue weighted by Crippen LogP contribution is 2.37. The van der Waals surface area contributed by atoms with Crippen LogP contribution in [-0.2, 0) is 11.2 Å². The van der Waals surface area contributed by atoms with Gasteiger partial charge in [-0.25, -0.2) is 0 Å². The van der Waals surface area contributed by atoms with Gasteiger partial charge in [-0.1, -0.05) is 13.8 Å². The molecule has 27 heavy (non-hydrogen) atoms. The topological polar surface area (TPSA) is 105 Å². The van der Waals surface area contributed by atoms with Crippen molar-refractivity contribution >= 4 is 24.1 Å². The second-order valence-electron chi connectivity index (χ2n) is 8.75. The van der Waals surface area contributed by atoms with Crippen molar-refractivity contribution in [3.8, 4) is 0 Å². The van der Waals surface area contributed by atoms with Gasteiger partial charge < -0.3 is 20.4 Å². The molecule has 2 unspecified atom stereocenters. The molecule has 7 nitrogen and oxygen atoms in total. The van der Waals surface area contributed by atoms with Crippen LogP contribution in [0.15, 0.2) is 10.9 Å².